The molecule has 1 unspecified atom stereocenters. The van der Waals surface area contributed by atoms with Crippen LogP contribution in [0.25, 0.3) is 0 Å². The van der Waals surface area contributed by atoms with E-state index in [0.29, 0.717) is 32.5 Å². The van der Waals surface area contributed by atoms with E-state index >= 15 is 0 Å². The molecule has 1 saturated heterocycles. The van der Waals surface area contributed by atoms with Crippen molar-refractivity contribution in [3.05, 3.63) is 47.5 Å². The van der Waals surface area contributed by atoms with Crippen molar-refractivity contribution >= 4 is 29.5 Å². The number of nitrogens with one attached hydrogen (secondary N) is 5. The molecule has 0 aliphatic carbocycles. The van der Waals surface area contributed by atoms with E-state index in [1.165, 1.54) is 12.0 Å². The lowest BCUT2D eigenvalue weighted by atomic mass is 9.96. The van der Waals surface area contributed by atoms with E-state index in [1.54, 1.807) is 0 Å². The lowest BCUT2D eigenvalue weighted by molar-refractivity contribution is -0.135. The van der Waals surface area contributed by atoms with Crippen LogP contribution in [0, 0.1) is 5.92 Å². The Kier molecular flexibility index (Phi) is 16.3. The van der Waals surface area contributed by atoms with Crippen molar-refractivity contribution in [2.75, 3.05) is 59.7 Å². The van der Waals surface area contributed by atoms with Gasteiger partial charge in [-0.1, -0.05) is 24.3 Å². The standard InChI is InChI=1S/C32H49N7O8/c1-46-16-11-26-32(45)36-20-23-6-3-2-5-22(23)19-28(41)37-25(31(44)35-14-18-47-17-12-33)10-13-34-27(40)8-9-29(42)39-15-4-7-24(21-39)30(43)38-26/h2-3,5-6,8-9,24-26,28,37,41H,4,7,10-21,33H2,1H3,(H,34,40)(H,35,44)(H,36,45)(H,38,43)/b9-8+/t24-,25+,26+,28?/m1/s1. The number of carbonyl (C=O) groups excluding carboxylic acids is 5. The van der Waals surface area contributed by atoms with Crippen LogP contribution in [-0.2, 0) is 46.4 Å². The van der Waals surface area contributed by atoms with Gasteiger partial charge < -0.3 is 46.5 Å². The van der Waals surface area contributed by atoms with Gasteiger partial charge in [0.2, 0.25) is 29.5 Å². The first-order valence-electron chi connectivity index (χ1n) is 16.1. The molecule has 0 aromatic heterocycles. The SMILES string of the molecule is COCC[C@@H]1NC(=O)[C@@H]2CCCN(C2)C(=O)/C=C/C(=O)NCC[C@@H](C(=O)NCCOCCN)NC(O)Cc2ccccc2CNC1=O. The number of ether oxygens (including phenoxy) is 2. The minimum absolute atomic E-state index is 0.0810. The van der Waals surface area contributed by atoms with Crippen LogP contribution in [0.1, 0.15) is 36.8 Å². The van der Waals surface area contributed by atoms with E-state index in [1.807, 2.05) is 24.3 Å². The Labute approximate surface area is 275 Å². The Morgan fingerprint density at radius 2 is 1.83 bits per heavy atom. The fourth-order valence-corrected chi connectivity index (χ4v) is 5.42. The van der Waals surface area contributed by atoms with Crippen molar-refractivity contribution in [2.45, 2.75) is 57.0 Å². The predicted molar refractivity (Wildman–Crippen MR) is 172 cm³/mol. The fraction of sp³-hybridized carbons (Fsp3) is 0.594. The number of carbonyl (C=O) groups is 5. The third-order valence-electron chi connectivity index (χ3n) is 7.96. The number of hydrogen-bond donors (Lipinski definition) is 7. The van der Waals surface area contributed by atoms with Crippen molar-refractivity contribution in [3.8, 4) is 0 Å². The molecule has 15 nitrogen and oxygen atoms in total. The molecule has 1 fully saturated rings. The van der Waals surface area contributed by atoms with Crippen LogP contribution < -0.4 is 32.3 Å². The summed E-state index contributed by atoms with van der Waals surface area (Å²) in [6, 6.07) is 5.54. The molecule has 0 spiro atoms. The van der Waals surface area contributed by atoms with E-state index in [2.05, 4.69) is 26.6 Å². The first-order chi connectivity index (χ1) is 22.7. The quantitative estimate of drug-likeness (QED) is 0.146. The molecule has 5 amide bonds. The molecule has 2 heterocycles. The number of fused-ring (bicyclic) bond motifs is 3. The van der Waals surface area contributed by atoms with E-state index < -0.39 is 42.0 Å². The predicted octanol–water partition coefficient (Wildman–Crippen LogP) is -1.95. The van der Waals surface area contributed by atoms with Crippen molar-refractivity contribution in [1.29, 1.82) is 0 Å². The molecule has 260 valence electrons. The van der Waals surface area contributed by atoms with Gasteiger partial charge >= 0.3 is 0 Å². The molecular formula is C32H49N7O8. The molecule has 8 N–H and O–H groups in total. The van der Waals surface area contributed by atoms with Gasteiger partial charge in [0.05, 0.1) is 25.2 Å². The van der Waals surface area contributed by atoms with Crippen molar-refractivity contribution < 1.29 is 38.6 Å². The van der Waals surface area contributed by atoms with Gasteiger partial charge in [0.15, 0.2) is 0 Å². The molecule has 2 bridgehead atoms. The third-order valence-corrected chi connectivity index (χ3v) is 7.96. The highest BCUT2D eigenvalue weighted by Gasteiger charge is 2.31. The zero-order valence-corrected chi connectivity index (χ0v) is 27.0. The van der Waals surface area contributed by atoms with Gasteiger partial charge in [-0.3, -0.25) is 29.3 Å². The Balaban J connectivity index is 1.81. The molecule has 2 aliphatic rings. The summed E-state index contributed by atoms with van der Waals surface area (Å²) in [6.07, 6.45) is 2.78. The first kappa shape index (κ1) is 37.6. The number of benzene rings is 1. The smallest absolute Gasteiger partial charge is 0.246 e. The number of piperidine rings is 1. The van der Waals surface area contributed by atoms with Gasteiger partial charge in [0.25, 0.3) is 0 Å². The fourth-order valence-electron chi connectivity index (χ4n) is 5.42. The van der Waals surface area contributed by atoms with Gasteiger partial charge in [-0.15, -0.1) is 0 Å². The van der Waals surface area contributed by atoms with Crippen LogP contribution in [0.15, 0.2) is 36.4 Å². The minimum atomic E-state index is -1.15. The van der Waals surface area contributed by atoms with E-state index in [4.69, 9.17) is 15.2 Å². The molecular weight excluding hydrogens is 610 g/mol. The summed E-state index contributed by atoms with van der Waals surface area (Å²) in [5.41, 5.74) is 6.92. The van der Waals surface area contributed by atoms with Gasteiger partial charge in [0, 0.05) is 71.6 Å². The van der Waals surface area contributed by atoms with Gasteiger partial charge in [-0.25, -0.2) is 0 Å². The molecule has 2 aliphatic heterocycles. The molecule has 4 atom stereocenters. The Bertz CT molecular complexity index is 1230. The van der Waals surface area contributed by atoms with Crippen LogP contribution >= 0.6 is 0 Å². The number of amides is 5. The lowest BCUT2D eigenvalue weighted by Crippen LogP contribution is -2.52. The molecule has 3 rings (SSSR count). The van der Waals surface area contributed by atoms with E-state index in [9.17, 15) is 29.1 Å². The maximum absolute atomic E-state index is 13.3. The summed E-state index contributed by atoms with van der Waals surface area (Å²) >= 11 is 0. The maximum atomic E-state index is 13.3. The summed E-state index contributed by atoms with van der Waals surface area (Å²) in [6.45, 7) is 2.27. The number of aliphatic hydroxyl groups excluding tert-OH is 1. The molecule has 1 aromatic rings. The van der Waals surface area contributed by atoms with E-state index in [0.717, 1.165) is 23.3 Å². The molecule has 0 radical (unpaired) electrons. The van der Waals surface area contributed by atoms with Gasteiger partial charge in [0.1, 0.15) is 12.3 Å². The monoisotopic (exact) mass is 659 g/mol. The van der Waals surface area contributed by atoms with E-state index in [-0.39, 0.29) is 70.5 Å². The average Bonchev–Trinajstić information content (AvgIpc) is 3.07. The van der Waals surface area contributed by atoms with Crippen LogP contribution in [0.4, 0.5) is 0 Å². The number of methoxy groups -OCH3 is 1. The Hall–Kier alpha value is -3.89. The van der Waals surface area contributed by atoms with Crippen LogP contribution in [0.5, 0.6) is 0 Å². The number of nitrogens with two attached hydrogens (primary N) is 1. The van der Waals surface area contributed by atoms with Crippen LogP contribution in [-0.4, -0.2) is 118 Å². The number of rotatable bonds is 9. The summed E-state index contributed by atoms with van der Waals surface area (Å²) in [7, 11) is 1.51. The second-order valence-electron chi connectivity index (χ2n) is 11.5. The lowest BCUT2D eigenvalue weighted by Gasteiger charge is -2.32. The Morgan fingerprint density at radius 1 is 1.04 bits per heavy atom. The zero-order valence-electron chi connectivity index (χ0n) is 27.0. The number of aliphatic hydroxyl groups is 1. The molecule has 0 saturated carbocycles. The van der Waals surface area contributed by atoms with Crippen molar-refractivity contribution in [2.24, 2.45) is 11.7 Å². The van der Waals surface area contributed by atoms with Crippen LogP contribution in [0.3, 0.4) is 0 Å². The second kappa shape index (κ2) is 20.4. The minimum Gasteiger partial charge on any atom is -0.385 e. The van der Waals surface area contributed by atoms with Crippen molar-refractivity contribution in [1.82, 2.24) is 31.5 Å². The second-order valence-corrected chi connectivity index (χ2v) is 11.5. The van der Waals surface area contributed by atoms with Gasteiger partial charge in [-0.2, -0.15) is 0 Å². The largest absolute Gasteiger partial charge is 0.385 e. The Morgan fingerprint density at radius 3 is 2.60 bits per heavy atom. The van der Waals surface area contributed by atoms with Gasteiger partial charge in [-0.05, 0) is 36.8 Å². The third kappa shape index (κ3) is 13.0. The zero-order chi connectivity index (χ0) is 34.0. The highest BCUT2D eigenvalue weighted by molar-refractivity contribution is 5.97. The first-order valence-corrected chi connectivity index (χ1v) is 16.1. The topological polar surface area (TPSA) is 213 Å². The van der Waals surface area contributed by atoms with Crippen LogP contribution in [0.2, 0.25) is 0 Å². The highest BCUT2D eigenvalue weighted by atomic mass is 16.5. The summed E-state index contributed by atoms with van der Waals surface area (Å²) in [5.74, 6) is -2.57. The van der Waals surface area contributed by atoms with Crippen molar-refractivity contribution in [3.63, 3.8) is 0 Å². The normalized spacial score (nSPS) is 24.4. The maximum Gasteiger partial charge on any atom is 0.246 e. The number of hydrogen-bond acceptors (Lipinski definition) is 10. The molecule has 1 aromatic carbocycles. The highest BCUT2D eigenvalue weighted by Crippen LogP contribution is 2.18. The summed E-state index contributed by atoms with van der Waals surface area (Å²) < 4.78 is 10.5. The molecule has 47 heavy (non-hydrogen) atoms. The summed E-state index contributed by atoms with van der Waals surface area (Å²) in [5, 5.41) is 25.1. The molecule has 15 heteroatoms. The number of nitrogens with zero attached hydrogens (tertiary/aromatic N) is 1. The summed E-state index contributed by atoms with van der Waals surface area (Å²) in [4.78, 5) is 66.5. The average molecular weight is 660 g/mol.